The quantitative estimate of drug-likeness (QED) is 0.807. The van der Waals surface area contributed by atoms with Crippen LogP contribution in [0.4, 0.5) is 4.39 Å². The fraction of sp³-hybridized carbons (Fsp3) is 0.400. The summed E-state index contributed by atoms with van der Waals surface area (Å²) in [4.78, 5) is 0. The lowest BCUT2D eigenvalue weighted by atomic mass is 10.2. The van der Waals surface area contributed by atoms with E-state index in [4.69, 9.17) is 17.3 Å². The van der Waals surface area contributed by atoms with Crippen molar-refractivity contribution in [2.24, 2.45) is 5.73 Å². The first-order valence-electron chi connectivity index (χ1n) is 4.51. The molecule has 0 aliphatic heterocycles. The lowest BCUT2D eigenvalue weighted by Gasteiger charge is -2.11. The second-order valence-corrected chi connectivity index (χ2v) is 3.64. The number of nitrogens with one attached hydrogen (secondary N) is 1. The molecule has 0 bridgehead atoms. The van der Waals surface area contributed by atoms with Gasteiger partial charge in [-0.15, -0.1) is 0 Å². The average Bonchev–Trinajstić information content (AvgIpc) is 2.20. The summed E-state index contributed by atoms with van der Waals surface area (Å²) >= 11 is 5.64. The first kappa shape index (κ1) is 11.4. The summed E-state index contributed by atoms with van der Waals surface area (Å²) in [7, 11) is 0. The van der Waals surface area contributed by atoms with Gasteiger partial charge in [-0.2, -0.15) is 0 Å². The van der Waals surface area contributed by atoms with Gasteiger partial charge in [-0.3, -0.25) is 0 Å². The Labute approximate surface area is 88.2 Å². The molecule has 0 aliphatic rings. The Morgan fingerprint density at radius 2 is 2.29 bits per heavy atom. The molecule has 78 valence electrons. The molecule has 0 fully saturated rings. The molecule has 4 heteroatoms. The zero-order chi connectivity index (χ0) is 10.6. The van der Waals surface area contributed by atoms with Crippen LogP contribution in [0.5, 0.6) is 0 Å². The second-order valence-electron chi connectivity index (χ2n) is 3.23. The van der Waals surface area contributed by atoms with Gasteiger partial charge in [0.05, 0.1) is 5.02 Å². The summed E-state index contributed by atoms with van der Waals surface area (Å²) in [5.74, 6) is -0.356. The van der Waals surface area contributed by atoms with Crippen molar-refractivity contribution in [3.05, 3.63) is 34.6 Å². The van der Waals surface area contributed by atoms with Crippen LogP contribution in [-0.4, -0.2) is 12.6 Å². The van der Waals surface area contributed by atoms with Crippen LogP contribution in [0.1, 0.15) is 12.5 Å². The van der Waals surface area contributed by atoms with E-state index in [1.165, 1.54) is 6.07 Å². The lowest BCUT2D eigenvalue weighted by Crippen LogP contribution is -2.32. The zero-order valence-electron chi connectivity index (χ0n) is 8.06. The normalized spacial score (nSPS) is 12.9. The van der Waals surface area contributed by atoms with Crippen LogP contribution in [-0.2, 0) is 6.54 Å². The maximum absolute atomic E-state index is 13.4. The van der Waals surface area contributed by atoms with Crippen LogP contribution in [0.15, 0.2) is 18.2 Å². The smallest absolute Gasteiger partial charge is 0.146 e. The Kier molecular flexibility index (Phi) is 4.32. The van der Waals surface area contributed by atoms with E-state index in [1.807, 2.05) is 6.92 Å². The molecule has 1 rings (SSSR count). The second kappa shape index (κ2) is 5.29. The van der Waals surface area contributed by atoms with Crippen LogP contribution < -0.4 is 11.1 Å². The summed E-state index contributed by atoms with van der Waals surface area (Å²) < 4.78 is 13.4. The summed E-state index contributed by atoms with van der Waals surface area (Å²) in [6.07, 6.45) is 0. The molecule has 0 heterocycles. The molecule has 1 aromatic rings. The molecule has 0 spiro atoms. The topological polar surface area (TPSA) is 38.0 Å². The number of nitrogens with two attached hydrogens (primary N) is 1. The molecule has 0 amide bonds. The number of rotatable bonds is 4. The largest absolute Gasteiger partial charge is 0.329 e. The minimum atomic E-state index is -0.356. The highest BCUT2D eigenvalue weighted by molar-refractivity contribution is 6.30. The number of halogens is 2. The molecular formula is C10H14ClFN2. The third kappa shape index (κ3) is 2.94. The van der Waals surface area contributed by atoms with Crippen LogP contribution in [0.25, 0.3) is 0 Å². The van der Waals surface area contributed by atoms with E-state index < -0.39 is 0 Å². The van der Waals surface area contributed by atoms with E-state index in [-0.39, 0.29) is 16.9 Å². The molecule has 0 aromatic heterocycles. The minimum absolute atomic E-state index is 0.157. The zero-order valence-corrected chi connectivity index (χ0v) is 8.81. The molecule has 1 unspecified atom stereocenters. The van der Waals surface area contributed by atoms with E-state index in [9.17, 15) is 4.39 Å². The van der Waals surface area contributed by atoms with Crippen molar-refractivity contribution in [3.8, 4) is 0 Å². The molecular weight excluding hydrogens is 203 g/mol. The molecule has 1 atom stereocenters. The molecule has 3 N–H and O–H groups in total. The molecule has 0 saturated carbocycles. The summed E-state index contributed by atoms with van der Waals surface area (Å²) in [5, 5.41) is 3.25. The molecule has 0 saturated heterocycles. The number of hydrogen-bond donors (Lipinski definition) is 2. The molecule has 0 aliphatic carbocycles. The Morgan fingerprint density at radius 1 is 1.57 bits per heavy atom. The van der Waals surface area contributed by atoms with Gasteiger partial charge < -0.3 is 11.1 Å². The SMILES string of the molecule is CC(CN)NCc1cccc(Cl)c1F. The minimum Gasteiger partial charge on any atom is -0.329 e. The Bertz CT molecular complexity index is 304. The van der Waals surface area contributed by atoms with Gasteiger partial charge in [-0.1, -0.05) is 23.7 Å². The summed E-state index contributed by atoms with van der Waals surface area (Å²) in [5.41, 5.74) is 5.99. The predicted octanol–water partition coefficient (Wildman–Crippen LogP) is 1.92. The predicted molar refractivity (Wildman–Crippen MR) is 56.8 cm³/mol. The molecule has 14 heavy (non-hydrogen) atoms. The van der Waals surface area contributed by atoms with E-state index in [2.05, 4.69) is 5.32 Å². The van der Waals surface area contributed by atoms with Crippen molar-refractivity contribution in [1.82, 2.24) is 5.32 Å². The highest BCUT2D eigenvalue weighted by Crippen LogP contribution is 2.17. The summed E-state index contributed by atoms with van der Waals surface area (Å²) in [6, 6.07) is 5.15. The monoisotopic (exact) mass is 216 g/mol. The molecule has 1 aromatic carbocycles. The fourth-order valence-electron chi connectivity index (χ4n) is 1.05. The Balaban J connectivity index is 2.63. The van der Waals surface area contributed by atoms with Gasteiger partial charge in [0.1, 0.15) is 5.82 Å². The van der Waals surface area contributed by atoms with Crippen molar-refractivity contribution in [2.45, 2.75) is 19.5 Å². The maximum Gasteiger partial charge on any atom is 0.146 e. The third-order valence-electron chi connectivity index (χ3n) is 2.03. The number of hydrogen-bond acceptors (Lipinski definition) is 2. The first-order valence-corrected chi connectivity index (χ1v) is 4.89. The molecule has 0 radical (unpaired) electrons. The number of benzene rings is 1. The van der Waals surface area contributed by atoms with Crippen molar-refractivity contribution >= 4 is 11.6 Å². The van der Waals surface area contributed by atoms with Gasteiger partial charge in [0.15, 0.2) is 0 Å². The van der Waals surface area contributed by atoms with Gasteiger partial charge in [-0.25, -0.2) is 4.39 Å². The van der Waals surface area contributed by atoms with Crippen LogP contribution in [0, 0.1) is 5.82 Å². The van der Waals surface area contributed by atoms with Gasteiger partial charge in [-0.05, 0) is 13.0 Å². The lowest BCUT2D eigenvalue weighted by molar-refractivity contribution is 0.533. The van der Waals surface area contributed by atoms with Gasteiger partial charge in [0.2, 0.25) is 0 Å². The summed E-state index contributed by atoms with van der Waals surface area (Å²) in [6.45, 7) is 2.93. The van der Waals surface area contributed by atoms with E-state index >= 15 is 0 Å². The van der Waals surface area contributed by atoms with Crippen molar-refractivity contribution in [1.29, 1.82) is 0 Å². The van der Waals surface area contributed by atoms with Crippen LogP contribution in [0.3, 0.4) is 0 Å². The van der Waals surface area contributed by atoms with Crippen LogP contribution in [0.2, 0.25) is 5.02 Å². The van der Waals surface area contributed by atoms with Crippen LogP contribution >= 0.6 is 11.6 Å². The van der Waals surface area contributed by atoms with Gasteiger partial charge in [0.25, 0.3) is 0 Å². The van der Waals surface area contributed by atoms with Crippen molar-refractivity contribution < 1.29 is 4.39 Å². The van der Waals surface area contributed by atoms with Gasteiger partial charge in [0, 0.05) is 24.7 Å². The third-order valence-corrected chi connectivity index (χ3v) is 2.32. The van der Waals surface area contributed by atoms with Crippen molar-refractivity contribution in [2.75, 3.05) is 6.54 Å². The first-order chi connectivity index (χ1) is 6.65. The average molecular weight is 217 g/mol. The van der Waals surface area contributed by atoms with Crippen molar-refractivity contribution in [3.63, 3.8) is 0 Å². The van der Waals surface area contributed by atoms with E-state index in [0.29, 0.717) is 18.7 Å². The Hall–Kier alpha value is -0.640. The molecule has 2 nitrogen and oxygen atoms in total. The van der Waals surface area contributed by atoms with E-state index in [0.717, 1.165) is 0 Å². The highest BCUT2D eigenvalue weighted by Gasteiger charge is 2.06. The Morgan fingerprint density at radius 3 is 2.93 bits per heavy atom. The fourth-order valence-corrected chi connectivity index (χ4v) is 1.25. The van der Waals surface area contributed by atoms with Gasteiger partial charge >= 0.3 is 0 Å². The standard InChI is InChI=1S/C10H14ClFN2/c1-7(5-13)14-6-8-3-2-4-9(11)10(8)12/h2-4,7,14H,5-6,13H2,1H3. The highest BCUT2D eigenvalue weighted by atomic mass is 35.5. The maximum atomic E-state index is 13.4. The van der Waals surface area contributed by atoms with E-state index in [1.54, 1.807) is 12.1 Å².